The predicted molar refractivity (Wildman–Crippen MR) is 90.5 cm³/mol. The van der Waals surface area contributed by atoms with Gasteiger partial charge in [0.25, 0.3) is 0 Å². The second-order valence-corrected chi connectivity index (χ2v) is 6.37. The van der Waals surface area contributed by atoms with Gasteiger partial charge in [-0.1, -0.05) is 6.07 Å². The molecular weight excluding hydrogens is 382 g/mol. The number of carbonyl (C=O) groups excluding carboxylic acids is 1. The lowest BCUT2D eigenvalue weighted by Crippen LogP contribution is -2.16. The third-order valence-corrected chi connectivity index (χ3v) is 4.20. The molecule has 1 saturated carbocycles. The molecule has 9 heteroatoms. The fourth-order valence-electron chi connectivity index (χ4n) is 2.48. The van der Waals surface area contributed by atoms with Gasteiger partial charge in [0.15, 0.2) is 0 Å². The zero-order chi connectivity index (χ0) is 20.5. The summed E-state index contributed by atoms with van der Waals surface area (Å²) in [7, 11) is 0. The fourth-order valence-corrected chi connectivity index (χ4v) is 2.48. The fraction of sp³-hybridized carbons (Fsp3) is 0.263. The Morgan fingerprint density at radius 3 is 2.43 bits per heavy atom. The maximum absolute atomic E-state index is 13.9. The summed E-state index contributed by atoms with van der Waals surface area (Å²) >= 11 is 0. The number of anilines is 1. The number of nitrogens with one attached hydrogen (secondary N) is 1. The number of hydrogen-bond acceptors (Lipinski definition) is 3. The van der Waals surface area contributed by atoms with E-state index >= 15 is 0 Å². The van der Waals surface area contributed by atoms with Crippen LogP contribution in [0.15, 0.2) is 36.4 Å². The monoisotopic (exact) mass is 397 g/mol. The lowest BCUT2D eigenvalue weighted by Gasteiger charge is -2.13. The van der Waals surface area contributed by atoms with Crippen molar-refractivity contribution in [3.05, 3.63) is 58.9 Å². The van der Waals surface area contributed by atoms with Gasteiger partial charge in [0.1, 0.15) is 18.2 Å². The topological polar surface area (TPSA) is 75.6 Å². The first-order valence-electron chi connectivity index (χ1n) is 8.32. The molecule has 1 aliphatic carbocycles. The second kappa shape index (κ2) is 7.49. The number of carboxylic acids is 1. The number of carbonyl (C=O) groups is 2. The molecule has 1 amide bonds. The summed E-state index contributed by atoms with van der Waals surface area (Å²) in [5.74, 6) is -2.68. The minimum absolute atomic E-state index is 0.0705. The zero-order valence-corrected chi connectivity index (χ0v) is 14.3. The van der Waals surface area contributed by atoms with Crippen LogP contribution in [-0.4, -0.2) is 17.0 Å². The van der Waals surface area contributed by atoms with E-state index in [1.54, 1.807) is 0 Å². The first-order chi connectivity index (χ1) is 13.1. The van der Waals surface area contributed by atoms with Gasteiger partial charge in [-0.3, -0.25) is 4.79 Å². The molecule has 148 valence electrons. The van der Waals surface area contributed by atoms with Crippen LogP contribution in [0.3, 0.4) is 0 Å². The number of benzene rings is 2. The Kier molecular flexibility index (Phi) is 5.26. The highest BCUT2D eigenvalue weighted by Gasteiger charge is 2.31. The highest BCUT2D eigenvalue weighted by Crippen LogP contribution is 2.32. The smallest absolute Gasteiger partial charge is 0.416 e. The normalized spacial score (nSPS) is 13.9. The van der Waals surface area contributed by atoms with Crippen LogP contribution in [0.2, 0.25) is 0 Å². The number of aromatic carboxylic acids is 1. The number of carboxylic acid groups (broad SMARTS) is 1. The molecule has 1 fully saturated rings. The predicted octanol–water partition coefficient (Wildman–Crippen LogP) is 4.47. The van der Waals surface area contributed by atoms with E-state index in [0.717, 1.165) is 31.0 Å². The molecule has 0 aromatic heterocycles. The molecule has 3 rings (SSSR count). The summed E-state index contributed by atoms with van der Waals surface area (Å²) in [5.41, 5.74) is -1.33. The Hall–Kier alpha value is -3.10. The highest BCUT2D eigenvalue weighted by atomic mass is 19.4. The molecular formula is C19H15F4NO4. The highest BCUT2D eigenvalue weighted by molar-refractivity contribution is 6.02. The van der Waals surface area contributed by atoms with Crippen molar-refractivity contribution in [1.29, 1.82) is 0 Å². The zero-order valence-electron chi connectivity index (χ0n) is 14.3. The van der Waals surface area contributed by atoms with E-state index in [1.807, 2.05) is 0 Å². The summed E-state index contributed by atoms with van der Waals surface area (Å²) in [5, 5.41) is 11.9. The van der Waals surface area contributed by atoms with E-state index in [1.165, 1.54) is 12.1 Å². The standard InChI is InChI=1S/C19H15F4NO4/c20-15-7-12(19(21,22)23)4-3-11(15)9-28-13-5-6-16(14(8-13)18(26)27)24-17(25)10-1-2-10/h3-8,10H,1-2,9H2,(H,24,25)(H,26,27). The average Bonchev–Trinajstić information content (AvgIpc) is 3.45. The van der Waals surface area contributed by atoms with Crippen LogP contribution in [0.25, 0.3) is 0 Å². The Morgan fingerprint density at radius 1 is 1.14 bits per heavy atom. The SMILES string of the molecule is O=C(O)c1cc(OCc2ccc(C(F)(F)F)cc2F)ccc1NC(=O)C1CC1. The quantitative estimate of drug-likeness (QED) is 0.706. The van der Waals surface area contributed by atoms with Crippen LogP contribution in [0.4, 0.5) is 23.2 Å². The van der Waals surface area contributed by atoms with Crippen molar-refractivity contribution in [3.8, 4) is 5.75 Å². The molecule has 0 aliphatic heterocycles. The third kappa shape index (κ3) is 4.59. The molecule has 0 radical (unpaired) electrons. The summed E-state index contributed by atoms with van der Waals surface area (Å²) in [4.78, 5) is 23.3. The Bertz CT molecular complexity index is 923. The molecule has 0 atom stereocenters. The van der Waals surface area contributed by atoms with Crippen LogP contribution in [0.1, 0.15) is 34.3 Å². The molecule has 2 aromatic rings. The minimum atomic E-state index is -4.66. The number of halogens is 4. The minimum Gasteiger partial charge on any atom is -0.489 e. The van der Waals surface area contributed by atoms with Crippen molar-refractivity contribution < 1.29 is 37.0 Å². The van der Waals surface area contributed by atoms with Crippen molar-refractivity contribution in [2.24, 2.45) is 5.92 Å². The van der Waals surface area contributed by atoms with E-state index in [0.29, 0.717) is 6.07 Å². The van der Waals surface area contributed by atoms with Crippen molar-refractivity contribution >= 4 is 17.6 Å². The lowest BCUT2D eigenvalue weighted by atomic mass is 10.1. The Balaban J connectivity index is 1.73. The van der Waals surface area contributed by atoms with Crippen molar-refractivity contribution in [2.45, 2.75) is 25.6 Å². The van der Waals surface area contributed by atoms with Crippen LogP contribution in [0, 0.1) is 11.7 Å². The molecule has 0 saturated heterocycles. The summed E-state index contributed by atoms with van der Waals surface area (Å²) < 4.78 is 56.9. The third-order valence-electron chi connectivity index (χ3n) is 4.20. The van der Waals surface area contributed by atoms with Gasteiger partial charge in [-0.25, -0.2) is 9.18 Å². The molecule has 0 heterocycles. The van der Waals surface area contributed by atoms with E-state index in [2.05, 4.69) is 5.32 Å². The number of alkyl halides is 3. The summed E-state index contributed by atoms with van der Waals surface area (Å²) in [6.45, 7) is -0.392. The van der Waals surface area contributed by atoms with Crippen LogP contribution in [-0.2, 0) is 17.6 Å². The largest absolute Gasteiger partial charge is 0.489 e. The summed E-state index contributed by atoms with van der Waals surface area (Å²) in [6, 6.07) is 5.96. The first-order valence-corrected chi connectivity index (χ1v) is 8.32. The van der Waals surface area contributed by atoms with E-state index in [9.17, 15) is 32.3 Å². The maximum Gasteiger partial charge on any atom is 0.416 e. The van der Waals surface area contributed by atoms with Gasteiger partial charge in [0.05, 0.1) is 16.8 Å². The number of hydrogen-bond donors (Lipinski definition) is 2. The van der Waals surface area contributed by atoms with E-state index in [-0.39, 0.29) is 34.4 Å². The van der Waals surface area contributed by atoms with E-state index in [4.69, 9.17) is 4.74 Å². The molecule has 1 aliphatic rings. The molecule has 0 bridgehead atoms. The maximum atomic E-state index is 13.9. The van der Waals surface area contributed by atoms with Gasteiger partial charge in [0, 0.05) is 11.5 Å². The van der Waals surface area contributed by atoms with E-state index < -0.39 is 30.1 Å². The molecule has 2 aromatic carbocycles. The second-order valence-electron chi connectivity index (χ2n) is 6.37. The van der Waals surface area contributed by atoms with Gasteiger partial charge in [-0.05, 0) is 43.2 Å². The van der Waals surface area contributed by atoms with Gasteiger partial charge < -0.3 is 15.2 Å². The average molecular weight is 397 g/mol. The van der Waals surface area contributed by atoms with Crippen molar-refractivity contribution in [1.82, 2.24) is 0 Å². The summed E-state index contributed by atoms with van der Waals surface area (Å²) in [6.07, 6.45) is -3.14. The van der Waals surface area contributed by atoms with Gasteiger partial charge >= 0.3 is 12.1 Å². The van der Waals surface area contributed by atoms with Crippen molar-refractivity contribution in [2.75, 3.05) is 5.32 Å². The van der Waals surface area contributed by atoms with Crippen LogP contribution >= 0.6 is 0 Å². The Morgan fingerprint density at radius 2 is 1.86 bits per heavy atom. The van der Waals surface area contributed by atoms with Gasteiger partial charge in [-0.2, -0.15) is 13.2 Å². The lowest BCUT2D eigenvalue weighted by molar-refractivity contribution is -0.137. The molecule has 0 spiro atoms. The van der Waals surface area contributed by atoms with Gasteiger partial charge in [-0.15, -0.1) is 0 Å². The van der Waals surface area contributed by atoms with Crippen LogP contribution in [0.5, 0.6) is 5.75 Å². The number of rotatable bonds is 6. The van der Waals surface area contributed by atoms with Crippen molar-refractivity contribution in [3.63, 3.8) is 0 Å². The molecule has 2 N–H and O–H groups in total. The number of ether oxygens (including phenoxy) is 1. The Labute approximate surface area is 156 Å². The molecule has 28 heavy (non-hydrogen) atoms. The molecule has 0 unspecified atom stereocenters. The van der Waals surface area contributed by atoms with Gasteiger partial charge in [0.2, 0.25) is 5.91 Å². The molecule has 5 nitrogen and oxygen atoms in total. The van der Waals surface area contributed by atoms with Crippen LogP contribution < -0.4 is 10.1 Å². The first kappa shape index (κ1) is 19.7. The number of amides is 1.